The smallest absolute Gasteiger partial charge is 0.123 e. The van der Waals surface area contributed by atoms with Crippen LogP contribution in [-0.4, -0.2) is 24.9 Å². The lowest BCUT2D eigenvalue weighted by molar-refractivity contribution is 0.0992. The van der Waals surface area contributed by atoms with Gasteiger partial charge in [0.05, 0.1) is 13.2 Å². The lowest BCUT2D eigenvalue weighted by atomic mass is 10.2. The minimum atomic E-state index is -0.388. The highest BCUT2D eigenvalue weighted by Crippen LogP contribution is 2.19. The quantitative estimate of drug-likeness (QED) is 0.782. The summed E-state index contributed by atoms with van der Waals surface area (Å²) < 4.78 is 10.5. The van der Waals surface area contributed by atoms with E-state index in [0.717, 1.165) is 24.3 Å². The topological polar surface area (TPSA) is 38.7 Å². The Kier molecular flexibility index (Phi) is 4.98. The van der Waals surface area contributed by atoms with Gasteiger partial charge in [-0.05, 0) is 18.6 Å². The second-order valence-corrected chi connectivity index (χ2v) is 3.43. The van der Waals surface area contributed by atoms with E-state index in [1.807, 2.05) is 25.1 Å². The molecule has 0 heterocycles. The van der Waals surface area contributed by atoms with E-state index < -0.39 is 0 Å². The van der Waals surface area contributed by atoms with Crippen LogP contribution in [0.5, 0.6) is 11.5 Å². The van der Waals surface area contributed by atoms with E-state index in [-0.39, 0.29) is 6.10 Å². The lowest BCUT2D eigenvalue weighted by Gasteiger charge is -2.11. The summed E-state index contributed by atoms with van der Waals surface area (Å²) in [5, 5.41) is 9.48. The zero-order valence-electron chi connectivity index (χ0n) is 9.27. The van der Waals surface area contributed by atoms with Crippen molar-refractivity contribution in [2.24, 2.45) is 0 Å². The lowest BCUT2D eigenvalue weighted by Crippen LogP contribution is -2.16. The third kappa shape index (κ3) is 4.21. The SMILES string of the molecule is CCCC(O)COc1cccc(OC)c1. The molecule has 3 heteroatoms. The first-order valence-electron chi connectivity index (χ1n) is 5.21. The second-order valence-electron chi connectivity index (χ2n) is 3.43. The van der Waals surface area contributed by atoms with E-state index in [2.05, 4.69) is 0 Å². The molecule has 0 bridgehead atoms. The molecule has 1 rings (SSSR count). The normalized spacial score (nSPS) is 12.2. The largest absolute Gasteiger partial charge is 0.497 e. The van der Waals surface area contributed by atoms with Crippen LogP contribution in [0.15, 0.2) is 24.3 Å². The van der Waals surface area contributed by atoms with E-state index in [4.69, 9.17) is 9.47 Å². The van der Waals surface area contributed by atoms with E-state index in [1.165, 1.54) is 0 Å². The van der Waals surface area contributed by atoms with E-state index in [0.29, 0.717) is 6.61 Å². The molecule has 0 amide bonds. The summed E-state index contributed by atoms with van der Waals surface area (Å²) in [5.41, 5.74) is 0. The first-order valence-corrected chi connectivity index (χ1v) is 5.21. The van der Waals surface area contributed by atoms with Gasteiger partial charge in [0.25, 0.3) is 0 Å². The maximum atomic E-state index is 9.48. The summed E-state index contributed by atoms with van der Waals surface area (Å²) in [6.45, 7) is 2.37. The zero-order valence-corrected chi connectivity index (χ0v) is 9.27. The average molecular weight is 210 g/mol. The molecular formula is C12H18O3. The summed E-state index contributed by atoms with van der Waals surface area (Å²) in [6.07, 6.45) is 1.34. The molecule has 1 atom stereocenters. The Morgan fingerprint density at radius 3 is 2.73 bits per heavy atom. The Bertz CT molecular complexity index is 286. The first kappa shape index (κ1) is 11.9. The maximum Gasteiger partial charge on any atom is 0.123 e. The van der Waals surface area contributed by atoms with Crippen molar-refractivity contribution in [2.45, 2.75) is 25.9 Å². The van der Waals surface area contributed by atoms with Crippen LogP contribution in [0.2, 0.25) is 0 Å². The molecule has 1 unspecified atom stereocenters. The Labute approximate surface area is 90.6 Å². The Morgan fingerprint density at radius 2 is 2.07 bits per heavy atom. The Balaban J connectivity index is 2.43. The Hall–Kier alpha value is -1.22. The maximum absolute atomic E-state index is 9.48. The van der Waals surface area contributed by atoms with Crippen molar-refractivity contribution in [1.82, 2.24) is 0 Å². The number of hydrogen-bond acceptors (Lipinski definition) is 3. The molecule has 1 aromatic carbocycles. The summed E-state index contributed by atoms with van der Waals surface area (Å²) in [6, 6.07) is 7.37. The molecule has 3 nitrogen and oxygen atoms in total. The third-order valence-corrected chi connectivity index (χ3v) is 2.11. The number of hydrogen-bond donors (Lipinski definition) is 1. The summed E-state index contributed by atoms with van der Waals surface area (Å²) in [7, 11) is 1.62. The van der Waals surface area contributed by atoms with Gasteiger partial charge in [-0.3, -0.25) is 0 Å². The van der Waals surface area contributed by atoms with Crippen molar-refractivity contribution >= 4 is 0 Å². The summed E-state index contributed by atoms with van der Waals surface area (Å²) in [5.74, 6) is 1.49. The average Bonchev–Trinajstić information content (AvgIpc) is 2.27. The van der Waals surface area contributed by atoms with Crippen molar-refractivity contribution < 1.29 is 14.6 Å². The number of ether oxygens (including phenoxy) is 2. The molecule has 0 radical (unpaired) electrons. The van der Waals surface area contributed by atoms with Gasteiger partial charge in [0.1, 0.15) is 18.1 Å². The van der Waals surface area contributed by atoms with Crippen molar-refractivity contribution in [2.75, 3.05) is 13.7 Å². The van der Waals surface area contributed by atoms with Gasteiger partial charge in [-0.1, -0.05) is 19.4 Å². The van der Waals surface area contributed by atoms with E-state index >= 15 is 0 Å². The second kappa shape index (κ2) is 6.30. The highest BCUT2D eigenvalue weighted by atomic mass is 16.5. The molecule has 1 N–H and O–H groups in total. The van der Waals surface area contributed by atoms with Crippen LogP contribution in [0, 0.1) is 0 Å². The fourth-order valence-electron chi connectivity index (χ4n) is 1.30. The predicted molar refractivity (Wildman–Crippen MR) is 59.4 cm³/mol. The third-order valence-electron chi connectivity index (χ3n) is 2.11. The van der Waals surface area contributed by atoms with Crippen LogP contribution < -0.4 is 9.47 Å². The van der Waals surface area contributed by atoms with Gasteiger partial charge in [0, 0.05) is 6.07 Å². The molecule has 0 saturated carbocycles. The first-order chi connectivity index (χ1) is 7.26. The predicted octanol–water partition coefficient (Wildman–Crippen LogP) is 2.24. The van der Waals surface area contributed by atoms with Crippen LogP contribution in [-0.2, 0) is 0 Å². The summed E-state index contributed by atoms with van der Waals surface area (Å²) >= 11 is 0. The van der Waals surface area contributed by atoms with Gasteiger partial charge in [-0.15, -0.1) is 0 Å². The molecule has 0 saturated heterocycles. The van der Waals surface area contributed by atoms with Crippen molar-refractivity contribution in [3.63, 3.8) is 0 Å². The van der Waals surface area contributed by atoms with Crippen molar-refractivity contribution in [3.8, 4) is 11.5 Å². The van der Waals surface area contributed by atoms with Crippen LogP contribution in [0.4, 0.5) is 0 Å². The molecular weight excluding hydrogens is 192 g/mol. The van der Waals surface area contributed by atoms with Gasteiger partial charge < -0.3 is 14.6 Å². The standard InChI is InChI=1S/C12H18O3/c1-3-5-10(13)9-15-12-7-4-6-11(8-12)14-2/h4,6-8,10,13H,3,5,9H2,1-2H3. The Morgan fingerprint density at radius 1 is 1.33 bits per heavy atom. The highest BCUT2D eigenvalue weighted by molar-refractivity contribution is 5.32. The summed E-state index contributed by atoms with van der Waals surface area (Å²) in [4.78, 5) is 0. The van der Waals surface area contributed by atoms with Gasteiger partial charge >= 0.3 is 0 Å². The molecule has 15 heavy (non-hydrogen) atoms. The number of methoxy groups -OCH3 is 1. The molecule has 0 aliphatic rings. The van der Waals surface area contributed by atoms with Crippen molar-refractivity contribution in [1.29, 1.82) is 0 Å². The van der Waals surface area contributed by atoms with E-state index in [9.17, 15) is 5.11 Å². The molecule has 84 valence electrons. The fourth-order valence-corrected chi connectivity index (χ4v) is 1.30. The zero-order chi connectivity index (χ0) is 11.1. The molecule has 0 aromatic heterocycles. The van der Waals surface area contributed by atoms with Crippen LogP contribution >= 0.6 is 0 Å². The number of benzene rings is 1. The number of rotatable bonds is 6. The fraction of sp³-hybridized carbons (Fsp3) is 0.500. The minimum absolute atomic E-state index is 0.334. The van der Waals surface area contributed by atoms with Crippen molar-refractivity contribution in [3.05, 3.63) is 24.3 Å². The molecule has 0 aliphatic carbocycles. The van der Waals surface area contributed by atoms with Gasteiger partial charge in [-0.2, -0.15) is 0 Å². The number of aliphatic hydroxyl groups is 1. The monoisotopic (exact) mass is 210 g/mol. The molecule has 0 aliphatic heterocycles. The molecule has 0 fully saturated rings. The highest BCUT2D eigenvalue weighted by Gasteiger charge is 2.03. The number of aliphatic hydroxyl groups excluding tert-OH is 1. The van der Waals surface area contributed by atoms with Crippen LogP contribution in [0.25, 0.3) is 0 Å². The van der Waals surface area contributed by atoms with E-state index in [1.54, 1.807) is 13.2 Å². The van der Waals surface area contributed by atoms with Gasteiger partial charge in [-0.25, -0.2) is 0 Å². The van der Waals surface area contributed by atoms with Crippen LogP contribution in [0.1, 0.15) is 19.8 Å². The van der Waals surface area contributed by atoms with Gasteiger partial charge in [0.15, 0.2) is 0 Å². The minimum Gasteiger partial charge on any atom is -0.497 e. The van der Waals surface area contributed by atoms with Crippen LogP contribution in [0.3, 0.4) is 0 Å². The molecule has 1 aromatic rings. The van der Waals surface area contributed by atoms with Gasteiger partial charge in [0.2, 0.25) is 0 Å². The molecule has 0 spiro atoms.